The first kappa shape index (κ1) is 16.9. The smallest absolute Gasteiger partial charge is 0.307 e. The molecular formula is C15H19N3O5. The zero-order valence-corrected chi connectivity index (χ0v) is 12.9. The number of benzene rings is 1. The molecule has 8 nitrogen and oxygen atoms in total. The molecule has 0 spiro atoms. The summed E-state index contributed by atoms with van der Waals surface area (Å²) < 4.78 is 4.66. The van der Waals surface area contributed by atoms with Gasteiger partial charge in [0.15, 0.2) is 0 Å². The standard InChI is InChI=1S/C15H19N3O5/c1-23-14(19)10-13(17-8-2-3-9-17)15(20)16-11-4-6-12(7-5-11)18(21)22/h4-7,13H,2-3,8-10H2,1H3,(H,16,20)/t13-/m1/s1. The van der Waals surface area contributed by atoms with Gasteiger partial charge in [-0.1, -0.05) is 0 Å². The van der Waals surface area contributed by atoms with Gasteiger partial charge in [-0.2, -0.15) is 0 Å². The molecule has 0 aromatic heterocycles. The molecule has 0 bridgehead atoms. The van der Waals surface area contributed by atoms with Crippen molar-refractivity contribution in [2.75, 3.05) is 25.5 Å². The first-order valence-electron chi connectivity index (χ1n) is 7.37. The number of methoxy groups -OCH3 is 1. The maximum Gasteiger partial charge on any atom is 0.307 e. The second kappa shape index (κ2) is 7.68. The number of rotatable bonds is 6. The second-order valence-corrected chi connectivity index (χ2v) is 5.33. The van der Waals surface area contributed by atoms with E-state index in [9.17, 15) is 19.7 Å². The highest BCUT2D eigenvalue weighted by Gasteiger charge is 2.30. The molecular weight excluding hydrogens is 302 g/mol. The van der Waals surface area contributed by atoms with Gasteiger partial charge in [-0.05, 0) is 38.1 Å². The van der Waals surface area contributed by atoms with E-state index in [0.29, 0.717) is 5.69 Å². The van der Waals surface area contributed by atoms with Crippen molar-refractivity contribution >= 4 is 23.3 Å². The van der Waals surface area contributed by atoms with Crippen LogP contribution in [0.3, 0.4) is 0 Å². The van der Waals surface area contributed by atoms with Crippen LogP contribution < -0.4 is 5.32 Å². The summed E-state index contributed by atoms with van der Waals surface area (Å²) in [4.78, 5) is 36.1. The SMILES string of the molecule is COC(=O)C[C@H](C(=O)Nc1ccc([N+](=O)[O-])cc1)N1CCCC1. The number of carbonyl (C=O) groups excluding carboxylic acids is 2. The Morgan fingerprint density at radius 1 is 1.30 bits per heavy atom. The average molecular weight is 321 g/mol. The van der Waals surface area contributed by atoms with Crippen LogP contribution in [0, 0.1) is 10.1 Å². The Kier molecular flexibility index (Phi) is 5.64. The number of non-ortho nitro benzene ring substituents is 1. The number of likely N-dealkylation sites (tertiary alicyclic amines) is 1. The van der Waals surface area contributed by atoms with Gasteiger partial charge in [-0.15, -0.1) is 0 Å². The summed E-state index contributed by atoms with van der Waals surface area (Å²) in [5.41, 5.74) is 0.406. The molecule has 1 aliphatic heterocycles. The second-order valence-electron chi connectivity index (χ2n) is 5.33. The molecule has 1 saturated heterocycles. The maximum atomic E-state index is 12.5. The molecule has 1 N–H and O–H groups in total. The fraction of sp³-hybridized carbons (Fsp3) is 0.467. The van der Waals surface area contributed by atoms with Crippen molar-refractivity contribution < 1.29 is 19.2 Å². The minimum atomic E-state index is -0.597. The summed E-state index contributed by atoms with van der Waals surface area (Å²) in [7, 11) is 1.29. The summed E-state index contributed by atoms with van der Waals surface area (Å²) in [5.74, 6) is -0.757. The molecule has 1 aromatic rings. The monoisotopic (exact) mass is 321 g/mol. The molecule has 0 unspecified atom stereocenters. The Balaban J connectivity index is 2.06. The highest BCUT2D eigenvalue weighted by atomic mass is 16.6. The molecule has 1 aliphatic rings. The summed E-state index contributed by atoms with van der Waals surface area (Å²) in [6, 6.07) is 4.98. The van der Waals surface area contributed by atoms with Crippen LogP contribution in [-0.4, -0.2) is 47.9 Å². The fourth-order valence-corrected chi connectivity index (χ4v) is 2.57. The Bertz CT molecular complexity index is 581. The van der Waals surface area contributed by atoms with Gasteiger partial charge in [-0.3, -0.25) is 24.6 Å². The zero-order chi connectivity index (χ0) is 16.8. The lowest BCUT2D eigenvalue weighted by atomic mass is 10.1. The summed E-state index contributed by atoms with van der Waals surface area (Å²) in [5, 5.41) is 13.3. The van der Waals surface area contributed by atoms with E-state index < -0.39 is 16.9 Å². The molecule has 8 heteroatoms. The van der Waals surface area contributed by atoms with Crippen molar-refractivity contribution in [3.05, 3.63) is 34.4 Å². The lowest BCUT2D eigenvalue weighted by molar-refractivity contribution is -0.384. The number of nitrogens with zero attached hydrogens (tertiary/aromatic N) is 2. The zero-order valence-electron chi connectivity index (χ0n) is 12.9. The van der Waals surface area contributed by atoms with Crippen LogP contribution in [0.25, 0.3) is 0 Å². The number of esters is 1. The molecule has 0 saturated carbocycles. The third-order valence-corrected chi connectivity index (χ3v) is 3.82. The number of nitrogens with one attached hydrogen (secondary N) is 1. The average Bonchev–Trinajstić information content (AvgIpc) is 3.06. The van der Waals surface area contributed by atoms with Crippen LogP contribution in [0.1, 0.15) is 19.3 Å². The molecule has 1 aromatic carbocycles. The van der Waals surface area contributed by atoms with Gasteiger partial charge in [0.25, 0.3) is 5.69 Å². The van der Waals surface area contributed by atoms with Gasteiger partial charge in [0.1, 0.15) is 6.04 Å². The van der Waals surface area contributed by atoms with Crippen LogP contribution >= 0.6 is 0 Å². The van der Waals surface area contributed by atoms with Gasteiger partial charge < -0.3 is 10.1 Å². The number of nitro benzene ring substituents is 1. The van der Waals surface area contributed by atoms with Crippen molar-refractivity contribution in [3.63, 3.8) is 0 Å². The predicted molar refractivity (Wildman–Crippen MR) is 83.0 cm³/mol. The molecule has 0 radical (unpaired) electrons. The first-order chi connectivity index (χ1) is 11.0. The van der Waals surface area contributed by atoms with E-state index in [2.05, 4.69) is 10.1 Å². The Morgan fingerprint density at radius 3 is 2.43 bits per heavy atom. The highest BCUT2D eigenvalue weighted by molar-refractivity contribution is 5.97. The molecule has 2 rings (SSSR count). The van der Waals surface area contributed by atoms with Crippen molar-refractivity contribution in [2.45, 2.75) is 25.3 Å². The van der Waals surface area contributed by atoms with E-state index >= 15 is 0 Å². The van der Waals surface area contributed by atoms with Crippen LogP contribution in [0.15, 0.2) is 24.3 Å². The molecule has 1 heterocycles. The first-order valence-corrected chi connectivity index (χ1v) is 7.37. The van der Waals surface area contributed by atoms with Gasteiger partial charge in [0, 0.05) is 17.8 Å². The number of hydrogen-bond donors (Lipinski definition) is 1. The Morgan fingerprint density at radius 2 is 1.91 bits per heavy atom. The fourth-order valence-electron chi connectivity index (χ4n) is 2.57. The van der Waals surface area contributed by atoms with E-state index in [4.69, 9.17) is 0 Å². The van der Waals surface area contributed by atoms with Crippen LogP contribution in [0.2, 0.25) is 0 Å². The largest absolute Gasteiger partial charge is 0.469 e. The Labute approximate surface area is 133 Å². The minimum Gasteiger partial charge on any atom is -0.469 e. The van der Waals surface area contributed by atoms with Gasteiger partial charge in [0.05, 0.1) is 18.5 Å². The molecule has 0 aliphatic carbocycles. The van der Waals surface area contributed by atoms with E-state index in [1.807, 2.05) is 4.90 Å². The normalized spacial score (nSPS) is 15.9. The highest BCUT2D eigenvalue weighted by Crippen LogP contribution is 2.19. The summed E-state index contributed by atoms with van der Waals surface area (Å²) in [6.45, 7) is 1.52. The van der Waals surface area contributed by atoms with Crippen LogP contribution in [-0.2, 0) is 14.3 Å². The van der Waals surface area contributed by atoms with Crippen molar-refractivity contribution in [3.8, 4) is 0 Å². The Hall–Kier alpha value is -2.48. The van der Waals surface area contributed by atoms with E-state index in [0.717, 1.165) is 25.9 Å². The van der Waals surface area contributed by atoms with Crippen molar-refractivity contribution in [1.82, 2.24) is 4.90 Å². The number of ether oxygens (including phenoxy) is 1. The van der Waals surface area contributed by atoms with Crippen molar-refractivity contribution in [1.29, 1.82) is 0 Å². The quantitative estimate of drug-likeness (QED) is 0.485. The molecule has 23 heavy (non-hydrogen) atoms. The lowest BCUT2D eigenvalue weighted by Gasteiger charge is -2.25. The number of anilines is 1. The van der Waals surface area contributed by atoms with Gasteiger partial charge in [0.2, 0.25) is 5.91 Å². The van der Waals surface area contributed by atoms with Crippen LogP contribution in [0.5, 0.6) is 0 Å². The predicted octanol–water partition coefficient (Wildman–Crippen LogP) is 1.56. The third-order valence-electron chi connectivity index (χ3n) is 3.82. The van der Waals surface area contributed by atoms with Crippen LogP contribution in [0.4, 0.5) is 11.4 Å². The van der Waals surface area contributed by atoms with Gasteiger partial charge in [-0.25, -0.2) is 0 Å². The van der Waals surface area contributed by atoms with E-state index in [-0.39, 0.29) is 18.0 Å². The van der Waals surface area contributed by atoms with Crippen molar-refractivity contribution in [2.24, 2.45) is 0 Å². The minimum absolute atomic E-state index is 0.0185. The molecule has 124 valence electrons. The topological polar surface area (TPSA) is 102 Å². The number of hydrogen-bond acceptors (Lipinski definition) is 6. The van der Waals surface area contributed by atoms with E-state index in [1.54, 1.807) is 0 Å². The molecule has 1 fully saturated rings. The summed E-state index contributed by atoms with van der Waals surface area (Å²) >= 11 is 0. The summed E-state index contributed by atoms with van der Waals surface area (Å²) in [6.07, 6.45) is 1.96. The maximum absolute atomic E-state index is 12.5. The molecule has 1 amide bonds. The number of carbonyl (C=O) groups is 2. The number of amides is 1. The lowest BCUT2D eigenvalue weighted by Crippen LogP contribution is -2.44. The van der Waals surface area contributed by atoms with Gasteiger partial charge >= 0.3 is 5.97 Å². The third kappa shape index (κ3) is 4.49. The molecule has 1 atom stereocenters. The van der Waals surface area contributed by atoms with E-state index in [1.165, 1.54) is 31.4 Å². The number of nitro groups is 1.